The van der Waals surface area contributed by atoms with Gasteiger partial charge >= 0.3 is 0 Å². The number of likely N-dealkylation sites (tertiary alicyclic amines) is 1. The maximum atomic E-state index is 12.4. The highest BCUT2D eigenvalue weighted by molar-refractivity contribution is 7.12. The Morgan fingerprint density at radius 1 is 1.30 bits per heavy atom. The molecule has 0 spiro atoms. The van der Waals surface area contributed by atoms with Gasteiger partial charge in [0.2, 0.25) is 5.91 Å². The zero-order chi connectivity index (χ0) is 16.1. The van der Waals surface area contributed by atoms with Crippen molar-refractivity contribution in [3.63, 3.8) is 0 Å². The second-order valence-electron chi connectivity index (χ2n) is 5.61. The quantitative estimate of drug-likeness (QED) is 0.936. The molecule has 2 amide bonds. The molecule has 120 valence electrons. The summed E-state index contributed by atoms with van der Waals surface area (Å²) in [5.41, 5.74) is 0.836. The van der Waals surface area contributed by atoms with Gasteiger partial charge in [0.05, 0.1) is 23.0 Å². The molecule has 0 bridgehead atoms. The second-order valence-corrected chi connectivity index (χ2v) is 6.55. The van der Waals surface area contributed by atoms with E-state index in [1.165, 1.54) is 11.3 Å². The van der Waals surface area contributed by atoms with Crippen molar-refractivity contribution in [2.24, 2.45) is 5.92 Å². The van der Waals surface area contributed by atoms with Crippen molar-refractivity contribution in [2.45, 2.75) is 19.4 Å². The van der Waals surface area contributed by atoms with Gasteiger partial charge in [0.15, 0.2) is 0 Å². The van der Waals surface area contributed by atoms with Crippen LogP contribution in [-0.4, -0.2) is 34.8 Å². The highest BCUT2D eigenvalue weighted by atomic mass is 32.1. The van der Waals surface area contributed by atoms with E-state index in [1.54, 1.807) is 11.1 Å². The summed E-state index contributed by atoms with van der Waals surface area (Å²) in [4.78, 5) is 31.5. The van der Waals surface area contributed by atoms with Gasteiger partial charge in [-0.05, 0) is 36.4 Å². The molecule has 1 aliphatic rings. The van der Waals surface area contributed by atoms with Gasteiger partial charge in [0.1, 0.15) is 0 Å². The van der Waals surface area contributed by atoms with E-state index < -0.39 is 0 Å². The van der Waals surface area contributed by atoms with Crippen LogP contribution in [0.4, 0.5) is 0 Å². The minimum absolute atomic E-state index is 0.000618. The van der Waals surface area contributed by atoms with Crippen molar-refractivity contribution < 1.29 is 9.59 Å². The van der Waals surface area contributed by atoms with Crippen LogP contribution in [0.5, 0.6) is 0 Å². The number of carbonyl (C=O) groups is 2. The van der Waals surface area contributed by atoms with Gasteiger partial charge in [-0.3, -0.25) is 14.6 Å². The molecule has 1 unspecified atom stereocenters. The minimum atomic E-state index is -0.142. The molecule has 23 heavy (non-hydrogen) atoms. The summed E-state index contributed by atoms with van der Waals surface area (Å²) in [6.45, 7) is 1.64. The third-order valence-corrected chi connectivity index (χ3v) is 4.84. The van der Waals surface area contributed by atoms with Crippen molar-refractivity contribution in [1.29, 1.82) is 0 Å². The number of nitrogens with one attached hydrogen (secondary N) is 1. The molecule has 2 aromatic heterocycles. The van der Waals surface area contributed by atoms with E-state index in [4.69, 9.17) is 0 Å². The zero-order valence-electron chi connectivity index (χ0n) is 12.8. The Balaban J connectivity index is 1.55. The predicted octanol–water partition coefficient (Wildman–Crippen LogP) is 2.31. The molecule has 5 nitrogen and oxygen atoms in total. The fraction of sp³-hybridized carbons (Fsp3) is 0.353. The van der Waals surface area contributed by atoms with Gasteiger partial charge in [-0.2, -0.15) is 0 Å². The Labute approximate surface area is 139 Å². The summed E-state index contributed by atoms with van der Waals surface area (Å²) in [7, 11) is 0. The molecule has 1 N–H and O–H groups in total. The van der Waals surface area contributed by atoms with Gasteiger partial charge in [-0.1, -0.05) is 12.1 Å². The first kappa shape index (κ1) is 15.7. The summed E-state index contributed by atoms with van der Waals surface area (Å²) >= 11 is 1.44. The van der Waals surface area contributed by atoms with Gasteiger partial charge in [-0.25, -0.2) is 0 Å². The smallest absolute Gasteiger partial charge is 0.263 e. The number of hydrogen-bond donors (Lipinski definition) is 1. The van der Waals surface area contributed by atoms with Crippen molar-refractivity contribution in [2.75, 3.05) is 13.1 Å². The van der Waals surface area contributed by atoms with Crippen LogP contribution in [0, 0.1) is 5.92 Å². The monoisotopic (exact) mass is 329 g/mol. The number of thiophene rings is 1. The van der Waals surface area contributed by atoms with E-state index in [9.17, 15) is 9.59 Å². The van der Waals surface area contributed by atoms with Crippen molar-refractivity contribution in [3.05, 3.63) is 52.5 Å². The first-order valence-corrected chi connectivity index (χ1v) is 8.62. The fourth-order valence-corrected chi connectivity index (χ4v) is 3.45. The summed E-state index contributed by atoms with van der Waals surface area (Å²) in [6.07, 6.45) is 3.39. The van der Waals surface area contributed by atoms with Crippen LogP contribution in [0.1, 0.15) is 28.2 Å². The van der Waals surface area contributed by atoms with Gasteiger partial charge in [0.25, 0.3) is 5.91 Å². The molecule has 0 aliphatic carbocycles. The lowest BCUT2D eigenvalue weighted by molar-refractivity contribution is -0.126. The van der Waals surface area contributed by atoms with E-state index in [1.807, 2.05) is 35.7 Å². The number of carbonyl (C=O) groups excluding carboxylic acids is 2. The van der Waals surface area contributed by atoms with E-state index in [0.717, 1.165) is 30.0 Å². The number of amides is 2. The van der Waals surface area contributed by atoms with Gasteiger partial charge < -0.3 is 10.2 Å². The highest BCUT2D eigenvalue weighted by Gasteiger charge is 2.29. The number of piperidine rings is 1. The van der Waals surface area contributed by atoms with Crippen LogP contribution >= 0.6 is 11.3 Å². The van der Waals surface area contributed by atoms with E-state index >= 15 is 0 Å². The Hall–Kier alpha value is -2.21. The van der Waals surface area contributed by atoms with Crippen LogP contribution in [0.15, 0.2) is 41.9 Å². The average Bonchev–Trinajstić information content (AvgIpc) is 3.14. The maximum absolute atomic E-state index is 12.4. The molecule has 1 aliphatic heterocycles. The van der Waals surface area contributed by atoms with Gasteiger partial charge in [0, 0.05) is 19.3 Å². The van der Waals surface area contributed by atoms with Crippen LogP contribution in [-0.2, 0) is 11.3 Å². The third kappa shape index (κ3) is 3.96. The molecule has 6 heteroatoms. The molecule has 1 saturated heterocycles. The molecule has 0 aromatic carbocycles. The Kier molecular flexibility index (Phi) is 5.02. The largest absolute Gasteiger partial charge is 0.350 e. The average molecular weight is 329 g/mol. The summed E-state index contributed by atoms with van der Waals surface area (Å²) in [6, 6.07) is 9.33. The fourth-order valence-electron chi connectivity index (χ4n) is 2.76. The maximum Gasteiger partial charge on any atom is 0.263 e. The normalized spacial score (nSPS) is 17.7. The number of nitrogens with zero attached hydrogens (tertiary/aromatic N) is 2. The number of hydrogen-bond acceptors (Lipinski definition) is 4. The highest BCUT2D eigenvalue weighted by Crippen LogP contribution is 2.20. The lowest BCUT2D eigenvalue weighted by Gasteiger charge is -2.31. The second kappa shape index (κ2) is 7.37. The van der Waals surface area contributed by atoms with E-state index in [-0.39, 0.29) is 17.7 Å². The molecular weight excluding hydrogens is 310 g/mol. The van der Waals surface area contributed by atoms with E-state index in [0.29, 0.717) is 13.1 Å². The lowest BCUT2D eigenvalue weighted by Crippen LogP contribution is -2.45. The molecule has 0 radical (unpaired) electrons. The van der Waals surface area contributed by atoms with Crippen LogP contribution in [0.3, 0.4) is 0 Å². The van der Waals surface area contributed by atoms with Crippen LogP contribution in [0.2, 0.25) is 0 Å². The molecule has 1 fully saturated rings. The topological polar surface area (TPSA) is 62.3 Å². The molecule has 3 rings (SSSR count). The molecule has 3 heterocycles. The Bertz CT molecular complexity index is 658. The molecule has 0 saturated carbocycles. The third-order valence-electron chi connectivity index (χ3n) is 3.98. The SMILES string of the molecule is O=C(NCc1ccccn1)C1CCCN(C(=O)c2cccs2)C1. The van der Waals surface area contributed by atoms with Crippen molar-refractivity contribution in [3.8, 4) is 0 Å². The Morgan fingerprint density at radius 3 is 2.96 bits per heavy atom. The van der Waals surface area contributed by atoms with Crippen molar-refractivity contribution >= 4 is 23.2 Å². The summed E-state index contributed by atoms with van der Waals surface area (Å²) < 4.78 is 0. The predicted molar refractivity (Wildman–Crippen MR) is 89.0 cm³/mol. The first-order valence-electron chi connectivity index (χ1n) is 7.74. The van der Waals surface area contributed by atoms with E-state index in [2.05, 4.69) is 10.3 Å². The zero-order valence-corrected chi connectivity index (χ0v) is 13.6. The van der Waals surface area contributed by atoms with Crippen molar-refractivity contribution in [1.82, 2.24) is 15.2 Å². The minimum Gasteiger partial charge on any atom is -0.350 e. The summed E-state index contributed by atoms with van der Waals surface area (Å²) in [5, 5.41) is 4.82. The number of aromatic nitrogens is 1. The van der Waals surface area contributed by atoms with Gasteiger partial charge in [-0.15, -0.1) is 11.3 Å². The first-order chi connectivity index (χ1) is 11.2. The molecule has 1 atom stereocenters. The number of pyridine rings is 1. The molecule has 2 aromatic rings. The number of rotatable bonds is 4. The standard InChI is InChI=1S/C17H19N3O2S/c21-16(19-11-14-6-1-2-8-18-14)13-5-3-9-20(12-13)17(22)15-7-4-10-23-15/h1-2,4,6-8,10,13H,3,5,9,11-12H2,(H,19,21). The lowest BCUT2D eigenvalue weighted by atomic mass is 9.97. The summed E-state index contributed by atoms with van der Waals surface area (Å²) in [5.74, 6) is -0.113. The van der Waals surface area contributed by atoms with Crippen LogP contribution < -0.4 is 5.32 Å². The Morgan fingerprint density at radius 2 is 2.22 bits per heavy atom. The van der Waals surface area contributed by atoms with Crippen LogP contribution in [0.25, 0.3) is 0 Å². The molecular formula is C17H19N3O2S.